The zero-order chi connectivity index (χ0) is 20.9. The van der Waals surface area contributed by atoms with Gasteiger partial charge in [-0.05, 0) is 94.2 Å². The highest BCUT2D eigenvalue weighted by atomic mass is 16.5. The van der Waals surface area contributed by atoms with Crippen molar-refractivity contribution in [3.63, 3.8) is 0 Å². The maximum absolute atomic E-state index is 12.8. The molecule has 0 spiro atoms. The Hall–Kier alpha value is -2.23. The molecule has 4 fully saturated rings. The molecule has 0 unspecified atom stereocenters. The minimum absolute atomic E-state index is 0.0580. The molecular formula is C26H33NO3. The second-order valence-corrected chi connectivity index (χ2v) is 10.1. The van der Waals surface area contributed by atoms with Crippen molar-refractivity contribution < 1.29 is 13.9 Å². The van der Waals surface area contributed by atoms with Gasteiger partial charge in [0.05, 0.1) is 12.1 Å². The average Bonchev–Trinajstić information content (AvgIpc) is 3.08. The van der Waals surface area contributed by atoms with Crippen molar-refractivity contribution >= 4 is 5.91 Å². The Balaban J connectivity index is 1.22. The maximum atomic E-state index is 12.8. The quantitative estimate of drug-likeness (QED) is 0.645. The summed E-state index contributed by atoms with van der Waals surface area (Å²) in [5.74, 6) is 5.25. The average molecular weight is 408 g/mol. The lowest BCUT2D eigenvalue weighted by Gasteiger charge is -2.55. The van der Waals surface area contributed by atoms with E-state index in [1.807, 2.05) is 45.0 Å². The smallest absolute Gasteiger partial charge is 0.254 e. The summed E-state index contributed by atoms with van der Waals surface area (Å²) in [7, 11) is 0. The van der Waals surface area contributed by atoms with Crippen LogP contribution in [0.4, 0.5) is 0 Å². The fraction of sp³-hybridized carbons (Fsp3) is 0.577. The van der Waals surface area contributed by atoms with Gasteiger partial charge in [0.2, 0.25) is 0 Å². The van der Waals surface area contributed by atoms with Gasteiger partial charge in [0, 0.05) is 5.41 Å². The molecule has 0 atom stereocenters. The molecule has 2 aromatic rings. The van der Waals surface area contributed by atoms with Crippen molar-refractivity contribution in [3.05, 3.63) is 52.5 Å². The van der Waals surface area contributed by atoms with Gasteiger partial charge in [0.25, 0.3) is 5.91 Å². The van der Waals surface area contributed by atoms with Crippen molar-refractivity contribution in [2.24, 2.45) is 17.8 Å². The fourth-order valence-electron chi connectivity index (χ4n) is 6.82. The zero-order valence-electron chi connectivity index (χ0n) is 18.4. The first-order valence-corrected chi connectivity index (χ1v) is 11.5. The molecule has 4 saturated carbocycles. The molecule has 1 N–H and O–H groups in total. The minimum atomic E-state index is -0.0580. The number of hydrogen-bond acceptors (Lipinski definition) is 3. The van der Waals surface area contributed by atoms with Crippen molar-refractivity contribution in [1.29, 1.82) is 0 Å². The summed E-state index contributed by atoms with van der Waals surface area (Å²) in [6.45, 7) is 6.94. The van der Waals surface area contributed by atoms with E-state index in [9.17, 15) is 4.79 Å². The largest absolute Gasteiger partial charge is 0.491 e. The summed E-state index contributed by atoms with van der Waals surface area (Å²) in [4.78, 5) is 12.8. The van der Waals surface area contributed by atoms with E-state index in [0.717, 1.165) is 46.2 Å². The molecule has 30 heavy (non-hydrogen) atoms. The van der Waals surface area contributed by atoms with E-state index in [1.54, 1.807) is 0 Å². The molecule has 1 aromatic heterocycles. The summed E-state index contributed by atoms with van der Waals surface area (Å²) in [5, 5.41) is 3.01. The third-order valence-corrected chi connectivity index (χ3v) is 7.77. The lowest BCUT2D eigenvalue weighted by atomic mass is 9.49. The van der Waals surface area contributed by atoms with Gasteiger partial charge in [-0.3, -0.25) is 4.79 Å². The minimum Gasteiger partial charge on any atom is -0.491 e. The number of benzene rings is 1. The second-order valence-electron chi connectivity index (χ2n) is 10.1. The van der Waals surface area contributed by atoms with Crippen LogP contribution < -0.4 is 10.1 Å². The Morgan fingerprint density at radius 2 is 1.67 bits per heavy atom. The Kier molecular flexibility index (Phi) is 4.91. The van der Waals surface area contributed by atoms with Gasteiger partial charge in [-0.25, -0.2) is 0 Å². The topological polar surface area (TPSA) is 51.5 Å². The third-order valence-electron chi connectivity index (χ3n) is 7.77. The summed E-state index contributed by atoms with van der Waals surface area (Å²) in [6, 6.07) is 8.16. The van der Waals surface area contributed by atoms with Gasteiger partial charge in [-0.1, -0.05) is 18.2 Å². The summed E-state index contributed by atoms with van der Waals surface area (Å²) < 4.78 is 12.2. The van der Waals surface area contributed by atoms with Crippen LogP contribution in [0.5, 0.6) is 5.75 Å². The molecule has 4 aliphatic rings. The predicted molar refractivity (Wildman–Crippen MR) is 117 cm³/mol. The number of amides is 1. The first-order chi connectivity index (χ1) is 14.4. The van der Waals surface area contributed by atoms with Crippen LogP contribution in [0.2, 0.25) is 0 Å². The van der Waals surface area contributed by atoms with Crippen LogP contribution in [-0.4, -0.2) is 19.1 Å². The van der Waals surface area contributed by atoms with Gasteiger partial charge in [0.1, 0.15) is 23.9 Å². The molecule has 0 radical (unpaired) electrons. The highest BCUT2D eigenvalue weighted by Gasteiger charge is 2.53. The lowest BCUT2D eigenvalue weighted by Crippen LogP contribution is -2.48. The molecule has 0 saturated heterocycles. The van der Waals surface area contributed by atoms with Crippen LogP contribution in [0.15, 0.2) is 28.7 Å². The summed E-state index contributed by atoms with van der Waals surface area (Å²) in [5.41, 5.74) is 3.11. The highest BCUT2D eigenvalue weighted by molar-refractivity contribution is 5.95. The number of carbonyl (C=O) groups is 1. The van der Waals surface area contributed by atoms with E-state index in [2.05, 4.69) is 5.32 Å². The third kappa shape index (κ3) is 3.44. The van der Waals surface area contributed by atoms with Crippen molar-refractivity contribution in [3.8, 4) is 5.75 Å². The number of carbonyl (C=O) groups excluding carboxylic acids is 1. The van der Waals surface area contributed by atoms with Gasteiger partial charge in [-0.2, -0.15) is 0 Å². The summed E-state index contributed by atoms with van der Waals surface area (Å²) in [6.07, 6.45) is 7.97. The van der Waals surface area contributed by atoms with Crippen LogP contribution in [0.1, 0.15) is 71.5 Å². The molecule has 4 bridgehead atoms. The first-order valence-electron chi connectivity index (χ1n) is 11.5. The number of hydrogen-bond donors (Lipinski definition) is 1. The molecule has 6 rings (SSSR count). The Morgan fingerprint density at radius 3 is 2.27 bits per heavy atom. The normalized spacial score (nSPS) is 29.2. The van der Waals surface area contributed by atoms with E-state index in [0.29, 0.717) is 18.7 Å². The number of aryl methyl sites for hydroxylation is 3. The van der Waals surface area contributed by atoms with E-state index in [4.69, 9.17) is 9.15 Å². The number of para-hydroxylation sites is 1. The Bertz CT molecular complexity index is 902. The SMILES string of the molecule is Cc1cccc(C)c1OCCNC(=O)c1cc(C23CC4CC(CC(C4)C2)C3)oc1C. The first kappa shape index (κ1) is 19.7. The molecule has 4 nitrogen and oxygen atoms in total. The number of furan rings is 1. The maximum Gasteiger partial charge on any atom is 0.254 e. The van der Waals surface area contributed by atoms with Gasteiger partial charge < -0.3 is 14.5 Å². The van der Waals surface area contributed by atoms with Crippen LogP contribution in [-0.2, 0) is 5.41 Å². The van der Waals surface area contributed by atoms with Crippen LogP contribution in [0.25, 0.3) is 0 Å². The van der Waals surface area contributed by atoms with Crippen molar-refractivity contribution in [2.45, 2.75) is 64.7 Å². The van der Waals surface area contributed by atoms with Gasteiger partial charge in [-0.15, -0.1) is 0 Å². The molecule has 1 aromatic carbocycles. The summed E-state index contributed by atoms with van der Waals surface area (Å²) >= 11 is 0. The van der Waals surface area contributed by atoms with E-state index >= 15 is 0 Å². The highest BCUT2D eigenvalue weighted by Crippen LogP contribution is 2.61. The fourth-order valence-corrected chi connectivity index (χ4v) is 6.82. The standard InChI is InChI=1S/C26H33NO3/c1-16-5-4-6-17(2)24(16)29-8-7-27-25(28)22-12-23(30-18(22)3)26-13-19-9-20(14-26)11-21(10-19)15-26/h4-6,12,19-21H,7-11,13-15H2,1-3H3,(H,27,28). The van der Waals surface area contributed by atoms with Gasteiger partial charge in [0.15, 0.2) is 0 Å². The Morgan fingerprint density at radius 1 is 1.07 bits per heavy atom. The van der Waals surface area contributed by atoms with Crippen LogP contribution in [0.3, 0.4) is 0 Å². The molecule has 0 aliphatic heterocycles. The van der Waals surface area contributed by atoms with Gasteiger partial charge >= 0.3 is 0 Å². The Labute approximate surface area is 179 Å². The van der Waals surface area contributed by atoms with Crippen LogP contribution in [0, 0.1) is 38.5 Å². The monoisotopic (exact) mass is 407 g/mol. The van der Waals surface area contributed by atoms with E-state index in [1.165, 1.54) is 38.5 Å². The molecular weight excluding hydrogens is 374 g/mol. The number of rotatable bonds is 6. The molecule has 1 amide bonds. The van der Waals surface area contributed by atoms with E-state index < -0.39 is 0 Å². The second kappa shape index (κ2) is 7.47. The zero-order valence-corrected chi connectivity index (χ0v) is 18.4. The van der Waals surface area contributed by atoms with Crippen LogP contribution >= 0.6 is 0 Å². The molecule has 4 aliphatic carbocycles. The predicted octanol–water partition coefficient (Wildman–Crippen LogP) is 5.48. The van der Waals surface area contributed by atoms with Crippen molar-refractivity contribution in [2.75, 3.05) is 13.2 Å². The number of ether oxygens (including phenoxy) is 1. The lowest BCUT2D eigenvalue weighted by molar-refractivity contribution is -0.0154. The van der Waals surface area contributed by atoms with E-state index in [-0.39, 0.29) is 11.3 Å². The molecule has 160 valence electrons. The molecule has 1 heterocycles. The number of nitrogens with one attached hydrogen (secondary N) is 1. The van der Waals surface area contributed by atoms with Crippen molar-refractivity contribution in [1.82, 2.24) is 5.32 Å². The molecule has 4 heteroatoms.